The van der Waals surface area contributed by atoms with Crippen molar-refractivity contribution in [3.8, 4) is 0 Å². The van der Waals surface area contributed by atoms with Gasteiger partial charge >= 0.3 is 0 Å². The molecular formula is C12H10ClN3O2S2. The van der Waals surface area contributed by atoms with Crippen LogP contribution < -0.4 is 10.5 Å². The van der Waals surface area contributed by atoms with E-state index in [2.05, 4.69) is 9.71 Å². The standard InChI is InChI=1S/C12H10ClN3O2S2/c13-10-2-1-7-15-12(10)16-20(17,18)9-5-3-8(4-6-9)11(14)19/h1-7H,(H2,14,19)(H,15,16). The van der Waals surface area contributed by atoms with Gasteiger partial charge in [0.05, 0.1) is 9.92 Å². The van der Waals surface area contributed by atoms with Gasteiger partial charge in [-0.3, -0.25) is 4.72 Å². The summed E-state index contributed by atoms with van der Waals surface area (Å²) in [7, 11) is -3.76. The lowest BCUT2D eigenvalue weighted by Gasteiger charge is -2.08. The zero-order valence-corrected chi connectivity index (χ0v) is 12.5. The molecule has 0 aliphatic heterocycles. The predicted octanol–water partition coefficient (Wildman–Crippen LogP) is 2.17. The minimum absolute atomic E-state index is 0.0687. The molecule has 1 heterocycles. The Balaban J connectivity index is 2.31. The maximum Gasteiger partial charge on any atom is 0.263 e. The van der Waals surface area contributed by atoms with Crippen molar-refractivity contribution in [1.82, 2.24) is 4.98 Å². The van der Waals surface area contributed by atoms with E-state index >= 15 is 0 Å². The lowest BCUT2D eigenvalue weighted by atomic mass is 10.2. The number of hydrogen-bond acceptors (Lipinski definition) is 4. The predicted molar refractivity (Wildman–Crippen MR) is 82.4 cm³/mol. The molecule has 20 heavy (non-hydrogen) atoms. The average Bonchev–Trinajstić information content (AvgIpc) is 2.41. The lowest BCUT2D eigenvalue weighted by Crippen LogP contribution is -2.15. The van der Waals surface area contributed by atoms with Crippen LogP contribution in [0, 0.1) is 0 Å². The van der Waals surface area contributed by atoms with Gasteiger partial charge in [-0.25, -0.2) is 13.4 Å². The maximum atomic E-state index is 12.2. The Morgan fingerprint density at radius 2 is 1.90 bits per heavy atom. The van der Waals surface area contributed by atoms with Gasteiger partial charge in [-0.05, 0) is 24.3 Å². The summed E-state index contributed by atoms with van der Waals surface area (Å²) in [5, 5.41) is 0.218. The summed E-state index contributed by atoms with van der Waals surface area (Å²) in [4.78, 5) is 4.14. The van der Waals surface area contributed by atoms with Crippen LogP contribution in [0.25, 0.3) is 0 Å². The molecule has 0 saturated heterocycles. The van der Waals surface area contributed by atoms with Crippen LogP contribution in [0.1, 0.15) is 5.56 Å². The number of sulfonamides is 1. The number of thiocarbonyl (C=S) groups is 1. The Hall–Kier alpha value is -1.70. The number of rotatable bonds is 4. The zero-order valence-electron chi connectivity index (χ0n) is 10.1. The topological polar surface area (TPSA) is 85.1 Å². The highest BCUT2D eigenvalue weighted by Crippen LogP contribution is 2.21. The summed E-state index contributed by atoms with van der Waals surface area (Å²) in [5.74, 6) is 0.0765. The molecule has 0 unspecified atom stereocenters. The fourth-order valence-electron chi connectivity index (χ4n) is 1.45. The van der Waals surface area contributed by atoms with Gasteiger partial charge in [-0.2, -0.15) is 0 Å². The molecule has 0 aliphatic rings. The van der Waals surface area contributed by atoms with E-state index in [0.717, 1.165) is 0 Å². The fraction of sp³-hybridized carbons (Fsp3) is 0. The number of nitrogens with two attached hydrogens (primary N) is 1. The van der Waals surface area contributed by atoms with E-state index in [1.165, 1.54) is 30.5 Å². The molecule has 0 fully saturated rings. The van der Waals surface area contributed by atoms with Gasteiger partial charge < -0.3 is 5.73 Å². The van der Waals surface area contributed by atoms with Crippen molar-refractivity contribution in [2.24, 2.45) is 5.73 Å². The molecule has 0 aliphatic carbocycles. The highest BCUT2D eigenvalue weighted by molar-refractivity contribution is 7.92. The highest BCUT2D eigenvalue weighted by Gasteiger charge is 2.16. The number of nitrogens with one attached hydrogen (secondary N) is 1. The number of pyridine rings is 1. The van der Waals surface area contributed by atoms with E-state index < -0.39 is 10.0 Å². The second-order valence-corrected chi connectivity index (χ2v) is 6.36. The summed E-state index contributed by atoms with van der Waals surface area (Å²) >= 11 is 10.7. The van der Waals surface area contributed by atoms with Gasteiger partial charge in [0.15, 0.2) is 5.82 Å². The second kappa shape index (κ2) is 5.74. The largest absolute Gasteiger partial charge is 0.389 e. The monoisotopic (exact) mass is 327 g/mol. The molecule has 0 bridgehead atoms. The Labute approximate surface area is 126 Å². The molecule has 2 rings (SSSR count). The fourth-order valence-corrected chi connectivity index (χ4v) is 2.84. The molecule has 104 valence electrons. The molecule has 8 heteroatoms. The quantitative estimate of drug-likeness (QED) is 0.841. The van der Waals surface area contributed by atoms with Crippen LogP contribution in [0.15, 0.2) is 47.5 Å². The van der Waals surface area contributed by atoms with Crippen molar-refractivity contribution < 1.29 is 8.42 Å². The minimum Gasteiger partial charge on any atom is -0.389 e. The molecule has 1 aromatic heterocycles. The Bertz CT molecular complexity index is 746. The summed E-state index contributed by atoms with van der Waals surface area (Å²) in [6.45, 7) is 0. The number of aromatic nitrogens is 1. The van der Waals surface area contributed by atoms with E-state index in [9.17, 15) is 8.42 Å². The first kappa shape index (κ1) is 14.7. The number of anilines is 1. The van der Waals surface area contributed by atoms with Crippen LogP contribution >= 0.6 is 23.8 Å². The Morgan fingerprint density at radius 1 is 1.25 bits per heavy atom. The third-order valence-electron chi connectivity index (χ3n) is 2.44. The molecule has 1 aromatic carbocycles. The molecular weight excluding hydrogens is 318 g/mol. The normalized spacial score (nSPS) is 11.1. The highest BCUT2D eigenvalue weighted by atomic mass is 35.5. The van der Waals surface area contributed by atoms with Crippen molar-refractivity contribution >= 4 is 44.6 Å². The number of nitrogens with zero attached hydrogens (tertiary/aromatic N) is 1. The summed E-state index contributed by atoms with van der Waals surface area (Å²) in [6.07, 6.45) is 1.44. The van der Waals surface area contributed by atoms with Gasteiger partial charge in [0, 0.05) is 11.8 Å². The smallest absolute Gasteiger partial charge is 0.263 e. The van der Waals surface area contributed by atoms with Crippen LogP contribution in [-0.4, -0.2) is 18.4 Å². The third-order valence-corrected chi connectivity index (χ3v) is 4.33. The van der Waals surface area contributed by atoms with Gasteiger partial charge in [0.2, 0.25) is 0 Å². The molecule has 0 spiro atoms. The van der Waals surface area contributed by atoms with Gasteiger partial charge in [0.25, 0.3) is 10.0 Å². The van der Waals surface area contributed by atoms with Crippen molar-refractivity contribution in [2.45, 2.75) is 4.90 Å². The van der Waals surface area contributed by atoms with Crippen LogP contribution in [0.3, 0.4) is 0 Å². The van der Waals surface area contributed by atoms with E-state index in [-0.39, 0.29) is 20.7 Å². The summed E-state index contributed by atoms with van der Waals surface area (Å²) in [5.41, 5.74) is 6.05. The van der Waals surface area contributed by atoms with Gasteiger partial charge in [-0.1, -0.05) is 36.0 Å². The van der Waals surface area contributed by atoms with E-state index in [1.54, 1.807) is 12.1 Å². The van der Waals surface area contributed by atoms with Crippen LogP contribution in [0.4, 0.5) is 5.82 Å². The molecule has 2 aromatic rings. The van der Waals surface area contributed by atoms with E-state index in [4.69, 9.17) is 29.6 Å². The van der Waals surface area contributed by atoms with Crippen molar-refractivity contribution in [2.75, 3.05) is 4.72 Å². The Kier molecular flexibility index (Phi) is 4.22. The average molecular weight is 328 g/mol. The lowest BCUT2D eigenvalue weighted by molar-refractivity contribution is 0.601. The second-order valence-electron chi connectivity index (χ2n) is 3.83. The number of hydrogen-bond donors (Lipinski definition) is 2. The van der Waals surface area contributed by atoms with Crippen LogP contribution in [0.2, 0.25) is 5.02 Å². The van der Waals surface area contributed by atoms with Crippen molar-refractivity contribution in [1.29, 1.82) is 0 Å². The Morgan fingerprint density at radius 3 is 2.45 bits per heavy atom. The van der Waals surface area contributed by atoms with Crippen molar-refractivity contribution in [3.63, 3.8) is 0 Å². The zero-order chi connectivity index (χ0) is 14.8. The van der Waals surface area contributed by atoms with Crippen LogP contribution in [0.5, 0.6) is 0 Å². The molecule has 0 amide bonds. The SMILES string of the molecule is NC(=S)c1ccc(S(=O)(=O)Nc2ncccc2Cl)cc1. The first-order valence-electron chi connectivity index (χ1n) is 5.43. The summed E-state index contributed by atoms with van der Waals surface area (Å²) < 4.78 is 26.6. The third kappa shape index (κ3) is 3.24. The molecule has 3 N–H and O–H groups in total. The maximum absolute atomic E-state index is 12.2. The van der Waals surface area contributed by atoms with Crippen molar-refractivity contribution in [3.05, 3.63) is 53.2 Å². The first-order chi connectivity index (χ1) is 9.40. The van der Waals surface area contributed by atoms with E-state index in [0.29, 0.717) is 5.56 Å². The van der Waals surface area contributed by atoms with Crippen LogP contribution in [-0.2, 0) is 10.0 Å². The minimum atomic E-state index is -3.76. The number of halogens is 1. The molecule has 5 nitrogen and oxygen atoms in total. The molecule has 0 saturated carbocycles. The van der Waals surface area contributed by atoms with Gasteiger partial charge in [-0.15, -0.1) is 0 Å². The number of benzene rings is 1. The molecule has 0 atom stereocenters. The molecule has 0 radical (unpaired) electrons. The van der Waals surface area contributed by atoms with E-state index in [1.807, 2.05) is 0 Å². The summed E-state index contributed by atoms with van der Waals surface area (Å²) in [6, 6.07) is 9.05. The van der Waals surface area contributed by atoms with Gasteiger partial charge in [0.1, 0.15) is 4.99 Å². The first-order valence-corrected chi connectivity index (χ1v) is 7.70.